The van der Waals surface area contributed by atoms with Gasteiger partial charge in [0.25, 0.3) is 0 Å². The van der Waals surface area contributed by atoms with Crippen LogP contribution in [0.3, 0.4) is 0 Å². The van der Waals surface area contributed by atoms with Crippen molar-refractivity contribution in [3.8, 4) is 11.4 Å². The number of carbonyl (C=O) groups excluding carboxylic acids is 1. The zero-order valence-corrected chi connectivity index (χ0v) is 18.4. The number of hydrogen-bond donors (Lipinski definition) is 2. The van der Waals surface area contributed by atoms with Gasteiger partial charge in [0.15, 0.2) is 0 Å². The number of halogens is 3. The van der Waals surface area contributed by atoms with E-state index in [2.05, 4.69) is 20.5 Å². The molecule has 1 aromatic heterocycles. The second kappa shape index (κ2) is 9.75. The van der Waals surface area contributed by atoms with Crippen LogP contribution in [0.5, 0.6) is 5.75 Å². The zero-order valence-electron chi connectivity index (χ0n) is 17.6. The Bertz CT molecular complexity index is 1140. The Balaban J connectivity index is 1.52. The molecule has 7 nitrogen and oxygen atoms in total. The minimum Gasteiger partial charge on any atom is -0.405 e. The number of urea groups is 1. The van der Waals surface area contributed by atoms with Crippen molar-refractivity contribution in [2.45, 2.75) is 31.0 Å². The van der Waals surface area contributed by atoms with E-state index >= 15 is 0 Å². The van der Waals surface area contributed by atoms with Gasteiger partial charge in [-0.1, -0.05) is 24.3 Å². The summed E-state index contributed by atoms with van der Waals surface area (Å²) >= 11 is 1.70. The summed E-state index contributed by atoms with van der Waals surface area (Å²) in [4.78, 5) is 12.7. The Morgan fingerprint density at radius 3 is 2.70 bits per heavy atom. The molecule has 0 atom stereocenters. The summed E-state index contributed by atoms with van der Waals surface area (Å²) in [6.45, 7) is 0.0385. The first-order valence-corrected chi connectivity index (χ1v) is 11.1. The van der Waals surface area contributed by atoms with Gasteiger partial charge in [0.1, 0.15) is 11.6 Å². The molecule has 174 valence electrons. The lowest BCUT2D eigenvalue weighted by atomic mass is 10.1. The van der Waals surface area contributed by atoms with Crippen molar-refractivity contribution in [3.63, 3.8) is 0 Å². The molecule has 0 fully saturated rings. The molecule has 4 rings (SSSR count). The number of ether oxygens (including phenoxy) is 2. The lowest BCUT2D eigenvalue weighted by Gasteiger charge is -2.16. The largest absolute Gasteiger partial charge is 0.573 e. The van der Waals surface area contributed by atoms with Crippen LogP contribution < -0.4 is 15.4 Å². The molecule has 3 aromatic rings. The average Bonchev–Trinajstić information content (AvgIpc) is 3.36. The number of nitrogens with one attached hydrogen (secondary N) is 2. The monoisotopic (exact) mass is 478 g/mol. The van der Waals surface area contributed by atoms with Gasteiger partial charge in [0.05, 0.1) is 18.0 Å². The van der Waals surface area contributed by atoms with Crippen LogP contribution >= 0.6 is 11.8 Å². The number of hydrogen-bond acceptors (Lipinski definition) is 5. The van der Waals surface area contributed by atoms with E-state index in [0.717, 1.165) is 22.7 Å². The summed E-state index contributed by atoms with van der Waals surface area (Å²) in [5.41, 5.74) is 3.45. The second-order valence-corrected chi connectivity index (χ2v) is 8.23. The summed E-state index contributed by atoms with van der Waals surface area (Å²) in [5, 5.41) is 10.0. The van der Waals surface area contributed by atoms with Crippen molar-refractivity contribution in [1.29, 1.82) is 0 Å². The fraction of sp³-hybridized carbons (Fsp3) is 0.273. The number of benzene rings is 2. The molecule has 1 aliphatic heterocycles. The Morgan fingerprint density at radius 2 is 1.97 bits per heavy atom. The molecule has 0 unspecified atom stereocenters. The van der Waals surface area contributed by atoms with E-state index in [0.29, 0.717) is 17.1 Å². The van der Waals surface area contributed by atoms with Gasteiger partial charge in [-0.25, -0.2) is 9.48 Å². The number of aromatic nitrogens is 2. The fourth-order valence-corrected chi connectivity index (χ4v) is 4.51. The maximum atomic E-state index is 12.8. The Morgan fingerprint density at radius 1 is 1.18 bits per heavy atom. The van der Waals surface area contributed by atoms with Crippen molar-refractivity contribution < 1.29 is 27.4 Å². The van der Waals surface area contributed by atoms with E-state index in [9.17, 15) is 18.0 Å². The van der Waals surface area contributed by atoms with Gasteiger partial charge < -0.3 is 14.8 Å². The number of para-hydroxylation sites is 1. The second-order valence-electron chi connectivity index (χ2n) is 7.24. The molecule has 0 saturated carbocycles. The first-order valence-electron chi connectivity index (χ1n) is 9.99. The van der Waals surface area contributed by atoms with Crippen LogP contribution in [0.2, 0.25) is 0 Å². The molecule has 0 radical (unpaired) electrons. The van der Waals surface area contributed by atoms with Crippen LogP contribution in [-0.2, 0) is 29.4 Å². The topological polar surface area (TPSA) is 77.4 Å². The van der Waals surface area contributed by atoms with Gasteiger partial charge >= 0.3 is 12.4 Å². The van der Waals surface area contributed by atoms with Crippen molar-refractivity contribution in [1.82, 2.24) is 15.1 Å². The Labute approximate surface area is 192 Å². The van der Waals surface area contributed by atoms with Crippen molar-refractivity contribution in [3.05, 3.63) is 70.9 Å². The summed E-state index contributed by atoms with van der Waals surface area (Å²) in [6, 6.07) is 13.0. The Kier molecular flexibility index (Phi) is 6.80. The standard InChI is InChI=1S/C22H21F3N4O3S/c1-31-11-14-7-8-19(32-22(23,24)25)15(9-14)10-26-21(30)27-20-17-12-33-13-18(17)28-29(20)16-5-3-2-4-6-16/h2-9H,10-13H2,1H3,(H2,26,27,30). The number of amides is 2. The number of carbonyl (C=O) groups is 1. The van der Waals surface area contributed by atoms with Crippen LogP contribution in [0.4, 0.5) is 23.8 Å². The number of thioether (sulfide) groups is 1. The first-order chi connectivity index (χ1) is 15.8. The van der Waals surface area contributed by atoms with Crippen LogP contribution in [-0.4, -0.2) is 29.3 Å². The van der Waals surface area contributed by atoms with E-state index in [4.69, 9.17) is 4.74 Å². The SMILES string of the molecule is COCc1ccc(OC(F)(F)F)c(CNC(=O)Nc2c3c(nn2-c2ccccc2)CSC3)c1. The maximum absolute atomic E-state index is 12.8. The van der Waals surface area contributed by atoms with Gasteiger partial charge in [-0.15, -0.1) is 13.2 Å². The van der Waals surface area contributed by atoms with Crippen LogP contribution in [0.15, 0.2) is 48.5 Å². The number of nitrogens with zero attached hydrogens (tertiary/aromatic N) is 2. The molecule has 2 amide bonds. The normalized spacial score (nSPS) is 13.0. The highest BCUT2D eigenvalue weighted by Gasteiger charge is 2.32. The molecule has 0 aliphatic carbocycles. The third-order valence-electron chi connectivity index (χ3n) is 4.89. The summed E-state index contributed by atoms with van der Waals surface area (Å²) in [7, 11) is 1.48. The quantitative estimate of drug-likeness (QED) is 0.501. The van der Waals surface area contributed by atoms with Gasteiger partial charge in [0, 0.05) is 36.3 Å². The molecular weight excluding hydrogens is 457 g/mol. The predicted octanol–water partition coefficient (Wildman–Crippen LogP) is 4.99. The van der Waals surface area contributed by atoms with E-state index in [1.807, 2.05) is 30.3 Å². The molecule has 1 aliphatic rings. The highest BCUT2D eigenvalue weighted by molar-refractivity contribution is 7.98. The van der Waals surface area contributed by atoms with Crippen LogP contribution in [0.25, 0.3) is 5.69 Å². The number of rotatable bonds is 7. The number of fused-ring (bicyclic) bond motifs is 1. The number of methoxy groups -OCH3 is 1. The van der Waals surface area contributed by atoms with Crippen molar-refractivity contribution >= 4 is 23.6 Å². The lowest BCUT2D eigenvalue weighted by Crippen LogP contribution is -2.30. The zero-order chi connectivity index (χ0) is 23.4. The van der Waals surface area contributed by atoms with Gasteiger partial charge in [0.2, 0.25) is 0 Å². The third kappa shape index (κ3) is 5.60. The van der Waals surface area contributed by atoms with E-state index in [1.165, 1.54) is 25.3 Å². The summed E-state index contributed by atoms with van der Waals surface area (Å²) < 4.78 is 49.2. The summed E-state index contributed by atoms with van der Waals surface area (Å²) in [5.74, 6) is 1.61. The molecule has 0 saturated heterocycles. The van der Waals surface area contributed by atoms with Gasteiger partial charge in [-0.05, 0) is 29.8 Å². The maximum Gasteiger partial charge on any atom is 0.573 e. The van der Waals surface area contributed by atoms with Gasteiger partial charge in [-0.2, -0.15) is 16.9 Å². The first kappa shape index (κ1) is 23.0. The fourth-order valence-electron chi connectivity index (χ4n) is 3.48. The van der Waals surface area contributed by atoms with Crippen LogP contribution in [0.1, 0.15) is 22.4 Å². The Hall–Kier alpha value is -3.18. The summed E-state index contributed by atoms with van der Waals surface area (Å²) in [6.07, 6.45) is -4.85. The van der Waals surface area contributed by atoms with Crippen molar-refractivity contribution in [2.24, 2.45) is 0 Å². The van der Waals surface area contributed by atoms with E-state index < -0.39 is 12.4 Å². The number of alkyl halides is 3. The van der Waals surface area contributed by atoms with Crippen LogP contribution in [0, 0.1) is 0 Å². The third-order valence-corrected chi connectivity index (χ3v) is 5.86. The molecule has 0 spiro atoms. The lowest BCUT2D eigenvalue weighted by molar-refractivity contribution is -0.274. The molecule has 11 heteroatoms. The molecule has 0 bridgehead atoms. The smallest absolute Gasteiger partial charge is 0.405 e. The molecule has 2 heterocycles. The highest BCUT2D eigenvalue weighted by Crippen LogP contribution is 2.36. The van der Waals surface area contributed by atoms with E-state index in [-0.39, 0.29) is 24.5 Å². The molecule has 2 N–H and O–H groups in total. The molecule has 33 heavy (non-hydrogen) atoms. The highest BCUT2D eigenvalue weighted by atomic mass is 32.2. The van der Waals surface area contributed by atoms with Crippen molar-refractivity contribution in [2.75, 3.05) is 12.4 Å². The minimum atomic E-state index is -4.85. The van der Waals surface area contributed by atoms with Gasteiger partial charge in [-0.3, -0.25) is 5.32 Å². The molecule has 2 aromatic carbocycles. The predicted molar refractivity (Wildman–Crippen MR) is 118 cm³/mol. The average molecular weight is 478 g/mol. The number of anilines is 1. The molecular formula is C22H21F3N4O3S. The van der Waals surface area contributed by atoms with E-state index in [1.54, 1.807) is 16.4 Å². The minimum absolute atomic E-state index is 0.175.